The Morgan fingerprint density at radius 2 is 2.41 bits per heavy atom. The van der Waals surface area contributed by atoms with E-state index in [4.69, 9.17) is 4.42 Å². The highest BCUT2D eigenvalue weighted by atomic mass is 32.1. The lowest BCUT2D eigenvalue weighted by Gasteiger charge is -1.98. The fourth-order valence-corrected chi connectivity index (χ4v) is 2.02. The van der Waals surface area contributed by atoms with Gasteiger partial charge in [0.25, 0.3) is 0 Å². The molecular formula is C11H12N2O3S. The van der Waals surface area contributed by atoms with Crippen molar-refractivity contribution in [3.63, 3.8) is 0 Å². The number of aromatic nitrogens is 1. The molecule has 0 aromatic carbocycles. The molecule has 0 unspecified atom stereocenters. The first-order valence-corrected chi connectivity index (χ1v) is 5.84. The van der Waals surface area contributed by atoms with Crippen molar-refractivity contribution in [1.82, 2.24) is 4.98 Å². The molecular weight excluding hydrogens is 240 g/mol. The highest BCUT2D eigenvalue weighted by molar-refractivity contribution is 7.17. The summed E-state index contributed by atoms with van der Waals surface area (Å²) in [5, 5.41) is 3.75. The number of hydrogen-bond acceptors (Lipinski definition) is 6. The largest absolute Gasteiger partial charge is 0.465 e. The Bertz CT molecular complexity index is 518. The van der Waals surface area contributed by atoms with Gasteiger partial charge < -0.3 is 14.5 Å². The molecule has 0 aliphatic heterocycles. The molecule has 2 heterocycles. The molecule has 17 heavy (non-hydrogen) atoms. The monoisotopic (exact) mass is 252 g/mol. The molecule has 2 rings (SSSR count). The standard InChI is InChI=1S/C11H12N2O3S/c1-7-3-4-8(16-7)5-12-11-13-6-9(17-11)10(14)15-2/h3-4,6H,5H2,1-2H3,(H,12,13). The van der Waals surface area contributed by atoms with Crippen molar-refractivity contribution < 1.29 is 13.9 Å². The molecule has 0 fully saturated rings. The van der Waals surface area contributed by atoms with Gasteiger partial charge in [-0.1, -0.05) is 11.3 Å². The fourth-order valence-electron chi connectivity index (χ4n) is 1.29. The van der Waals surface area contributed by atoms with Gasteiger partial charge in [0, 0.05) is 0 Å². The maximum Gasteiger partial charge on any atom is 0.349 e. The Balaban J connectivity index is 1.95. The van der Waals surface area contributed by atoms with E-state index in [-0.39, 0.29) is 5.97 Å². The number of thiazole rings is 1. The van der Waals surface area contributed by atoms with Crippen LogP contribution in [-0.4, -0.2) is 18.1 Å². The van der Waals surface area contributed by atoms with Crippen LogP contribution in [0, 0.1) is 6.92 Å². The van der Waals surface area contributed by atoms with Gasteiger partial charge in [-0.3, -0.25) is 0 Å². The van der Waals surface area contributed by atoms with E-state index >= 15 is 0 Å². The van der Waals surface area contributed by atoms with Gasteiger partial charge in [0.15, 0.2) is 5.13 Å². The van der Waals surface area contributed by atoms with E-state index in [1.165, 1.54) is 24.6 Å². The van der Waals surface area contributed by atoms with Crippen molar-refractivity contribution in [2.45, 2.75) is 13.5 Å². The number of esters is 1. The summed E-state index contributed by atoms with van der Waals surface area (Å²) >= 11 is 1.25. The zero-order chi connectivity index (χ0) is 12.3. The van der Waals surface area contributed by atoms with Crippen LogP contribution in [0.2, 0.25) is 0 Å². The molecule has 2 aromatic rings. The van der Waals surface area contributed by atoms with Gasteiger partial charge in [-0.2, -0.15) is 0 Å². The van der Waals surface area contributed by atoms with Crippen molar-refractivity contribution in [2.24, 2.45) is 0 Å². The Hall–Kier alpha value is -1.82. The minimum atomic E-state index is -0.371. The molecule has 90 valence electrons. The van der Waals surface area contributed by atoms with E-state index in [1.54, 1.807) is 0 Å². The van der Waals surface area contributed by atoms with Crippen molar-refractivity contribution >= 4 is 22.4 Å². The molecule has 0 aliphatic rings. The van der Waals surface area contributed by atoms with Crippen LogP contribution in [0.25, 0.3) is 0 Å². The molecule has 0 bridgehead atoms. The molecule has 1 N–H and O–H groups in total. The number of ether oxygens (including phenoxy) is 1. The predicted molar refractivity (Wildman–Crippen MR) is 64.2 cm³/mol. The van der Waals surface area contributed by atoms with Crippen LogP contribution in [0.4, 0.5) is 5.13 Å². The van der Waals surface area contributed by atoms with Crippen molar-refractivity contribution in [3.05, 3.63) is 34.7 Å². The second kappa shape index (κ2) is 5.01. The second-order valence-corrected chi connectivity index (χ2v) is 4.42. The first-order valence-electron chi connectivity index (χ1n) is 5.02. The first-order chi connectivity index (χ1) is 8.19. The average molecular weight is 252 g/mol. The van der Waals surface area contributed by atoms with E-state index < -0.39 is 0 Å². The molecule has 2 aromatic heterocycles. The number of nitrogens with zero attached hydrogens (tertiary/aromatic N) is 1. The normalized spacial score (nSPS) is 10.2. The van der Waals surface area contributed by atoms with Crippen LogP contribution in [0.1, 0.15) is 21.2 Å². The van der Waals surface area contributed by atoms with Gasteiger partial charge in [-0.05, 0) is 19.1 Å². The lowest BCUT2D eigenvalue weighted by molar-refractivity contribution is 0.0606. The number of hydrogen-bond donors (Lipinski definition) is 1. The van der Waals surface area contributed by atoms with Crippen molar-refractivity contribution in [1.29, 1.82) is 0 Å². The zero-order valence-corrected chi connectivity index (χ0v) is 10.3. The number of anilines is 1. The average Bonchev–Trinajstić information content (AvgIpc) is 2.94. The summed E-state index contributed by atoms with van der Waals surface area (Å²) in [7, 11) is 1.35. The lowest BCUT2D eigenvalue weighted by atomic mass is 10.4. The van der Waals surface area contributed by atoms with Crippen LogP contribution in [0.3, 0.4) is 0 Å². The van der Waals surface area contributed by atoms with Crippen molar-refractivity contribution in [2.75, 3.05) is 12.4 Å². The third-order valence-corrected chi connectivity index (χ3v) is 3.04. The van der Waals surface area contributed by atoms with Crippen LogP contribution in [0.15, 0.2) is 22.7 Å². The summed E-state index contributed by atoms with van der Waals surface area (Å²) in [5.41, 5.74) is 0. The highest BCUT2D eigenvalue weighted by Crippen LogP contribution is 2.19. The Labute approximate surface area is 102 Å². The Morgan fingerprint density at radius 3 is 3.06 bits per heavy atom. The van der Waals surface area contributed by atoms with Crippen LogP contribution >= 0.6 is 11.3 Å². The van der Waals surface area contributed by atoms with E-state index in [2.05, 4.69) is 15.0 Å². The zero-order valence-electron chi connectivity index (χ0n) is 9.52. The van der Waals surface area contributed by atoms with Gasteiger partial charge in [0.05, 0.1) is 19.9 Å². The van der Waals surface area contributed by atoms with Gasteiger partial charge in [-0.15, -0.1) is 0 Å². The fraction of sp³-hybridized carbons (Fsp3) is 0.273. The van der Waals surface area contributed by atoms with E-state index in [1.807, 2.05) is 19.1 Å². The smallest absolute Gasteiger partial charge is 0.349 e. The lowest BCUT2D eigenvalue weighted by Crippen LogP contribution is -1.97. The molecule has 0 aliphatic carbocycles. The van der Waals surface area contributed by atoms with Gasteiger partial charge in [0.1, 0.15) is 16.4 Å². The molecule has 0 spiro atoms. The Kier molecular flexibility index (Phi) is 3.43. The Morgan fingerprint density at radius 1 is 1.59 bits per heavy atom. The molecule has 0 saturated heterocycles. The third-order valence-electron chi connectivity index (χ3n) is 2.10. The predicted octanol–water partition coefficient (Wildman–Crippen LogP) is 2.44. The van der Waals surface area contributed by atoms with Crippen molar-refractivity contribution in [3.8, 4) is 0 Å². The summed E-state index contributed by atoms with van der Waals surface area (Å²) in [6, 6.07) is 3.80. The first kappa shape index (κ1) is 11.7. The minimum Gasteiger partial charge on any atom is -0.465 e. The topological polar surface area (TPSA) is 64.4 Å². The van der Waals surface area contributed by atoms with E-state index in [0.717, 1.165) is 11.5 Å². The van der Waals surface area contributed by atoms with E-state index in [0.29, 0.717) is 16.6 Å². The number of nitrogens with one attached hydrogen (secondary N) is 1. The molecule has 0 radical (unpaired) electrons. The maximum atomic E-state index is 11.2. The number of carbonyl (C=O) groups is 1. The van der Waals surface area contributed by atoms with Crippen LogP contribution in [0.5, 0.6) is 0 Å². The molecule has 6 heteroatoms. The van der Waals surface area contributed by atoms with Gasteiger partial charge >= 0.3 is 5.97 Å². The summed E-state index contributed by atoms with van der Waals surface area (Å²) in [4.78, 5) is 15.8. The number of carbonyl (C=O) groups excluding carboxylic acids is 1. The number of rotatable bonds is 4. The molecule has 5 nitrogen and oxygen atoms in total. The molecule has 0 amide bonds. The summed E-state index contributed by atoms with van der Waals surface area (Å²) in [6.07, 6.45) is 1.49. The number of aryl methyl sites for hydroxylation is 1. The van der Waals surface area contributed by atoms with Crippen LogP contribution in [-0.2, 0) is 11.3 Å². The molecule has 0 atom stereocenters. The van der Waals surface area contributed by atoms with Crippen LogP contribution < -0.4 is 5.32 Å². The minimum absolute atomic E-state index is 0.371. The molecule has 0 saturated carbocycles. The second-order valence-electron chi connectivity index (χ2n) is 3.39. The number of furan rings is 1. The summed E-state index contributed by atoms with van der Waals surface area (Å²) in [5.74, 6) is 1.33. The summed E-state index contributed by atoms with van der Waals surface area (Å²) < 4.78 is 10.0. The van der Waals surface area contributed by atoms with Gasteiger partial charge in [-0.25, -0.2) is 9.78 Å². The third kappa shape index (κ3) is 2.85. The quantitative estimate of drug-likeness (QED) is 0.847. The highest BCUT2D eigenvalue weighted by Gasteiger charge is 2.10. The van der Waals surface area contributed by atoms with E-state index in [9.17, 15) is 4.79 Å². The summed E-state index contributed by atoms with van der Waals surface area (Å²) in [6.45, 7) is 2.43. The van der Waals surface area contributed by atoms with Gasteiger partial charge in [0.2, 0.25) is 0 Å². The number of methoxy groups -OCH3 is 1. The maximum absolute atomic E-state index is 11.2. The SMILES string of the molecule is COC(=O)c1cnc(NCc2ccc(C)o2)s1.